The lowest BCUT2D eigenvalue weighted by molar-refractivity contribution is 1.01. The van der Waals surface area contributed by atoms with E-state index in [4.69, 9.17) is 0 Å². The highest BCUT2D eigenvalue weighted by atomic mass is 32.1. The van der Waals surface area contributed by atoms with Gasteiger partial charge in [-0.05, 0) is 0 Å². The summed E-state index contributed by atoms with van der Waals surface area (Å²) < 4.78 is 0. The van der Waals surface area contributed by atoms with Gasteiger partial charge in [0.1, 0.15) is 12.1 Å². The molecule has 2 rings (SSSR count). The molecule has 0 aliphatic heterocycles. The van der Waals surface area contributed by atoms with E-state index in [2.05, 4.69) is 20.3 Å². The van der Waals surface area contributed by atoms with Crippen LogP contribution in [-0.4, -0.2) is 22.0 Å². The summed E-state index contributed by atoms with van der Waals surface area (Å²) in [6.07, 6.45) is 4.14. The Labute approximate surface area is 86.1 Å². The highest BCUT2D eigenvalue weighted by Crippen LogP contribution is 2.11. The van der Waals surface area contributed by atoms with Crippen molar-refractivity contribution in [3.05, 3.63) is 34.7 Å². The van der Waals surface area contributed by atoms with E-state index in [0.717, 1.165) is 22.9 Å². The van der Waals surface area contributed by atoms with Crippen molar-refractivity contribution in [1.82, 2.24) is 15.0 Å². The first-order chi connectivity index (χ1) is 6.88. The van der Waals surface area contributed by atoms with E-state index in [-0.39, 0.29) is 0 Å². The average molecular weight is 206 g/mol. The third kappa shape index (κ3) is 2.05. The molecule has 0 radical (unpaired) electrons. The van der Waals surface area contributed by atoms with Crippen molar-refractivity contribution in [1.29, 1.82) is 0 Å². The van der Waals surface area contributed by atoms with Gasteiger partial charge in [0.15, 0.2) is 0 Å². The van der Waals surface area contributed by atoms with Gasteiger partial charge in [0.25, 0.3) is 0 Å². The first-order valence-electron chi connectivity index (χ1n) is 4.25. The molecule has 4 nitrogen and oxygen atoms in total. The van der Waals surface area contributed by atoms with Crippen LogP contribution in [-0.2, 0) is 6.42 Å². The number of rotatable bonds is 3. The van der Waals surface area contributed by atoms with E-state index < -0.39 is 0 Å². The van der Waals surface area contributed by atoms with Gasteiger partial charge in [-0.1, -0.05) is 0 Å². The van der Waals surface area contributed by atoms with E-state index in [9.17, 15) is 0 Å². The number of nitrogens with one attached hydrogen (secondary N) is 1. The topological polar surface area (TPSA) is 50.7 Å². The Morgan fingerprint density at radius 1 is 1.36 bits per heavy atom. The zero-order valence-electron chi connectivity index (χ0n) is 7.77. The Morgan fingerprint density at radius 3 is 3.00 bits per heavy atom. The molecule has 0 saturated carbocycles. The Balaban J connectivity index is 2.17. The van der Waals surface area contributed by atoms with Crippen molar-refractivity contribution in [2.45, 2.75) is 6.42 Å². The van der Waals surface area contributed by atoms with E-state index in [0.29, 0.717) is 0 Å². The zero-order valence-corrected chi connectivity index (χ0v) is 8.58. The number of hydrogen-bond acceptors (Lipinski definition) is 5. The molecule has 2 heterocycles. The fraction of sp³-hybridized carbons (Fsp3) is 0.222. The SMILES string of the molecule is CNc1cc(Cc2nccs2)ncn1. The Bertz CT molecular complexity index is 399. The number of nitrogens with zero attached hydrogens (tertiary/aromatic N) is 3. The van der Waals surface area contributed by atoms with Gasteiger partial charge in [0, 0.05) is 31.1 Å². The van der Waals surface area contributed by atoms with Crippen LogP contribution in [0.25, 0.3) is 0 Å². The highest BCUT2D eigenvalue weighted by molar-refractivity contribution is 7.09. The van der Waals surface area contributed by atoms with Gasteiger partial charge in [-0.25, -0.2) is 15.0 Å². The van der Waals surface area contributed by atoms with Crippen LogP contribution in [0.2, 0.25) is 0 Å². The molecule has 0 aromatic carbocycles. The van der Waals surface area contributed by atoms with Crippen molar-refractivity contribution in [2.24, 2.45) is 0 Å². The minimum Gasteiger partial charge on any atom is -0.373 e. The molecule has 0 aliphatic carbocycles. The predicted molar refractivity (Wildman–Crippen MR) is 56.5 cm³/mol. The third-order valence-corrected chi connectivity index (χ3v) is 2.58. The minimum atomic E-state index is 0.773. The molecule has 72 valence electrons. The second kappa shape index (κ2) is 4.15. The molecular weight excluding hydrogens is 196 g/mol. The van der Waals surface area contributed by atoms with Crippen LogP contribution in [0, 0.1) is 0 Å². The van der Waals surface area contributed by atoms with Crippen molar-refractivity contribution in [3.63, 3.8) is 0 Å². The van der Waals surface area contributed by atoms with Gasteiger partial charge in [-0.3, -0.25) is 0 Å². The lowest BCUT2D eigenvalue weighted by Crippen LogP contribution is -1.97. The number of hydrogen-bond donors (Lipinski definition) is 1. The van der Waals surface area contributed by atoms with E-state index >= 15 is 0 Å². The third-order valence-electron chi connectivity index (χ3n) is 1.80. The maximum atomic E-state index is 4.20. The van der Waals surface area contributed by atoms with Crippen LogP contribution >= 0.6 is 11.3 Å². The largest absolute Gasteiger partial charge is 0.373 e. The number of thiazole rings is 1. The van der Waals surface area contributed by atoms with Gasteiger partial charge in [0.2, 0.25) is 0 Å². The summed E-state index contributed by atoms with van der Waals surface area (Å²) in [4.78, 5) is 12.4. The quantitative estimate of drug-likeness (QED) is 0.828. The molecule has 0 unspecified atom stereocenters. The molecule has 2 aromatic heterocycles. The van der Waals surface area contributed by atoms with Crippen molar-refractivity contribution < 1.29 is 0 Å². The highest BCUT2D eigenvalue weighted by Gasteiger charge is 2.01. The van der Waals surface area contributed by atoms with Crippen LogP contribution in [0.5, 0.6) is 0 Å². The summed E-state index contributed by atoms with van der Waals surface area (Å²) >= 11 is 1.64. The van der Waals surface area contributed by atoms with Gasteiger partial charge in [-0.2, -0.15) is 0 Å². The first kappa shape index (κ1) is 9.08. The van der Waals surface area contributed by atoms with Gasteiger partial charge in [-0.15, -0.1) is 11.3 Å². The second-order valence-corrected chi connectivity index (χ2v) is 3.73. The second-order valence-electron chi connectivity index (χ2n) is 2.75. The van der Waals surface area contributed by atoms with E-state index in [1.54, 1.807) is 23.9 Å². The fourth-order valence-corrected chi connectivity index (χ4v) is 1.76. The molecule has 5 heteroatoms. The zero-order chi connectivity index (χ0) is 9.80. The predicted octanol–water partition coefficient (Wildman–Crippen LogP) is 1.57. The normalized spacial score (nSPS) is 10.1. The Hall–Kier alpha value is -1.49. The molecule has 0 saturated heterocycles. The van der Waals surface area contributed by atoms with Crippen molar-refractivity contribution >= 4 is 17.2 Å². The Morgan fingerprint density at radius 2 is 2.29 bits per heavy atom. The fourth-order valence-electron chi connectivity index (χ4n) is 1.13. The van der Waals surface area contributed by atoms with Crippen molar-refractivity contribution in [3.8, 4) is 0 Å². The van der Waals surface area contributed by atoms with Crippen molar-refractivity contribution in [2.75, 3.05) is 12.4 Å². The molecule has 0 atom stereocenters. The van der Waals surface area contributed by atoms with Gasteiger partial charge >= 0.3 is 0 Å². The number of aromatic nitrogens is 3. The van der Waals surface area contributed by atoms with Crippen LogP contribution < -0.4 is 5.32 Å². The smallest absolute Gasteiger partial charge is 0.129 e. The van der Waals surface area contributed by atoms with E-state index in [1.807, 2.05) is 18.5 Å². The maximum Gasteiger partial charge on any atom is 0.129 e. The monoisotopic (exact) mass is 206 g/mol. The first-order valence-corrected chi connectivity index (χ1v) is 5.13. The summed E-state index contributed by atoms with van der Waals surface area (Å²) in [5.41, 5.74) is 0.985. The standard InChI is InChI=1S/C9H10N4S/c1-10-8-4-7(12-6-13-8)5-9-11-2-3-14-9/h2-4,6H,5H2,1H3,(H,10,12,13). The van der Waals surface area contributed by atoms with Crippen LogP contribution in [0.15, 0.2) is 24.0 Å². The lowest BCUT2D eigenvalue weighted by atomic mass is 10.3. The molecule has 0 spiro atoms. The van der Waals surface area contributed by atoms with Gasteiger partial charge < -0.3 is 5.32 Å². The Kier molecular flexibility index (Phi) is 2.69. The molecule has 2 aromatic rings. The molecule has 0 amide bonds. The summed E-state index contributed by atoms with van der Waals surface area (Å²) in [6, 6.07) is 1.93. The summed E-state index contributed by atoms with van der Waals surface area (Å²) in [6.45, 7) is 0. The maximum absolute atomic E-state index is 4.20. The molecule has 0 aliphatic rings. The van der Waals surface area contributed by atoms with Crippen LogP contribution in [0.3, 0.4) is 0 Å². The molecule has 1 N–H and O–H groups in total. The van der Waals surface area contributed by atoms with Gasteiger partial charge in [0.05, 0.1) is 10.7 Å². The summed E-state index contributed by atoms with van der Waals surface area (Å²) in [7, 11) is 1.84. The lowest BCUT2D eigenvalue weighted by Gasteiger charge is -2.00. The van der Waals surface area contributed by atoms with E-state index in [1.165, 1.54) is 0 Å². The molecular formula is C9H10N4S. The van der Waals surface area contributed by atoms with Crippen LogP contribution in [0.1, 0.15) is 10.7 Å². The summed E-state index contributed by atoms with van der Waals surface area (Å²) in [5, 5.41) is 6.02. The molecule has 0 bridgehead atoms. The van der Waals surface area contributed by atoms with Crippen LogP contribution in [0.4, 0.5) is 5.82 Å². The minimum absolute atomic E-state index is 0.773. The average Bonchev–Trinajstić information content (AvgIpc) is 2.71. The summed E-state index contributed by atoms with van der Waals surface area (Å²) in [5.74, 6) is 0.839. The molecule has 0 fully saturated rings. The molecule has 14 heavy (non-hydrogen) atoms. The number of anilines is 1.